The Hall–Kier alpha value is -0.100. The fourth-order valence-electron chi connectivity index (χ4n) is 1.12. The molecule has 0 aromatic heterocycles. The third-order valence-corrected chi connectivity index (χ3v) is 4.26. The summed E-state index contributed by atoms with van der Waals surface area (Å²) in [7, 11) is -3.37. The molecule has 1 N–H and O–H groups in total. The Balaban J connectivity index is 2.78. The van der Waals surface area contributed by atoms with Crippen LogP contribution in [0.3, 0.4) is 0 Å². The van der Waals surface area contributed by atoms with Crippen LogP contribution in [0.15, 0.2) is 28.7 Å². The van der Waals surface area contributed by atoms with Crippen molar-refractivity contribution in [2.45, 2.75) is 13.0 Å². The molecule has 6 heteroatoms. The van der Waals surface area contributed by atoms with Crippen LogP contribution in [0, 0.1) is 0 Å². The van der Waals surface area contributed by atoms with Gasteiger partial charge in [0.1, 0.15) is 5.21 Å². The van der Waals surface area contributed by atoms with Gasteiger partial charge in [-0.2, -0.15) is 0 Å². The number of hydrogen-bond acceptors (Lipinski definition) is 2. The first-order chi connectivity index (χ1) is 6.94. The molecule has 0 amide bonds. The second-order valence-electron chi connectivity index (χ2n) is 3.11. The Kier molecular flexibility index (Phi) is 4.58. The predicted octanol–water partition coefficient (Wildman–Crippen LogP) is 2.63. The van der Waals surface area contributed by atoms with Crippen LogP contribution in [0.5, 0.6) is 0 Å². The molecule has 0 radical (unpaired) electrons. The minimum Gasteiger partial charge on any atom is -0.211 e. The van der Waals surface area contributed by atoms with Crippen LogP contribution >= 0.6 is 27.5 Å². The summed E-state index contributed by atoms with van der Waals surface area (Å²) >= 11 is 8.60. The van der Waals surface area contributed by atoms with E-state index in [0.717, 1.165) is 10.0 Å². The highest BCUT2D eigenvalue weighted by Gasteiger charge is 2.13. The van der Waals surface area contributed by atoms with E-state index in [0.29, 0.717) is 0 Å². The first-order valence-corrected chi connectivity index (χ1v) is 7.24. The maximum atomic E-state index is 11.2. The molecule has 0 saturated heterocycles. The fraction of sp³-hybridized carbons (Fsp3) is 0.333. The van der Waals surface area contributed by atoms with Crippen molar-refractivity contribution in [1.29, 1.82) is 0 Å². The van der Waals surface area contributed by atoms with Crippen LogP contribution < -0.4 is 4.72 Å². The van der Waals surface area contributed by atoms with E-state index in [4.69, 9.17) is 11.6 Å². The van der Waals surface area contributed by atoms with Crippen LogP contribution in [-0.4, -0.2) is 13.6 Å². The molecule has 1 aromatic rings. The van der Waals surface area contributed by atoms with Gasteiger partial charge in [0.05, 0.1) is 0 Å². The lowest BCUT2D eigenvalue weighted by molar-refractivity contribution is 0.571. The van der Waals surface area contributed by atoms with Crippen molar-refractivity contribution in [2.24, 2.45) is 0 Å². The molecule has 0 aliphatic heterocycles. The molecule has 0 spiro atoms. The van der Waals surface area contributed by atoms with E-state index in [9.17, 15) is 8.42 Å². The molecule has 0 aliphatic rings. The van der Waals surface area contributed by atoms with Crippen molar-refractivity contribution < 1.29 is 8.42 Å². The summed E-state index contributed by atoms with van der Waals surface area (Å²) in [4.78, 5) is 0. The highest BCUT2D eigenvalue weighted by molar-refractivity contribution is 9.10. The number of sulfonamides is 1. The van der Waals surface area contributed by atoms with E-state index in [1.807, 2.05) is 24.3 Å². The zero-order valence-corrected chi connectivity index (χ0v) is 11.2. The molecule has 0 bridgehead atoms. The molecule has 0 aliphatic carbocycles. The summed E-state index contributed by atoms with van der Waals surface area (Å²) in [6.45, 7) is 1.77. The van der Waals surface area contributed by atoms with E-state index in [1.54, 1.807) is 6.92 Å². The quantitative estimate of drug-likeness (QED) is 0.869. The SMILES string of the molecule is CC(NS(=O)(=O)CCl)c1ccc(Br)cc1. The number of halogens is 2. The summed E-state index contributed by atoms with van der Waals surface area (Å²) in [5.41, 5.74) is 0.895. The van der Waals surface area contributed by atoms with Gasteiger partial charge < -0.3 is 0 Å². The number of benzene rings is 1. The van der Waals surface area contributed by atoms with Gasteiger partial charge in [-0.15, -0.1) is 11.6 Å². The average molecular weight is 313 g/mol. The maximum Gasteiger partial charge on any atom is 0.226 e. The summed E-state index contributed by atoms with van der Waals surface area (Å²) < 4.78 is 25.8. The average Bonchev–Trinajstić information content (AvgIpc) is 2.18. The highest BCUT2D eigenvalue weighted by atomic mass is 79.9. The zero-order chi connectivity index (χ0) is 11.5. The van der Waals surface area contributed by atoms with E-state index < -0.39 is 15.2 Å². The van der Waals surface area contributed by atoms with Crippen LogP contribution in [-0.2, 0) is 10.0 Å². The van der Waals surface area contributed by atoms with E-state index >= 15 is 0 Å². The standard InChI is InChI=1S/C9H11BrClNO2S/c1-7(12-15(13,14)6-11)8-2-4-9(10)5-3-8/h2-5,7,12H,6H2,1H3. The summed E-state index contributed by atoms with van der Waals surface area (Å²) in [6, 6.07) is 7.15. The van der Waals surface area contributed by atoms with Gasteiger partial charge in [-0.25, -0.2) is 13.1 Å². The summed E-state index contributed by atoms with van der Waals surface area (Å²) in [6.07, 6.45) is 0. The Bertz CT molecular complexity index is 418. The zero-order valence-electron chi connectivity index (χ0n) is 8.07. The molecular formula is C9H11BrClNO2S. The Morgan fingerprint density at radius 2 is 1.93 bits per heavy atom. The lowest BCUT2D eigenvalue weighted by atomic mass is 10.1. The second-order valence-corrected chi connectivity index (χ2v) is 6.37. The minimum atomic E-state index is -3.37. The third kappa shape index (κ3) is 4.10. The van der Waals surface area contributed by atoms with Crippen LogP contribution in [0.1, 0.15) is 18.5 Å². The monoisotopic (exact) mass is 311 g/mol. The number of nitrogens with one attached hydrogen (secondary N) is 1. The van der Waals surface area contributed by atoms with Crippen molar-refractivity contribution in [1.82, 2.24) is 4.72 Å². The molecule has 1 aromatic carbocycles. The molecular weight excluding hydrogens is 302 g/mol. The normalized spacial score (nSPS) is 13.8. The van der Waals surface area contributed by atoms with Crippen molar-refractivity contribution >= 4 is 37.6 Å². The second kappa shape index (κ2) is 5.30. The van der Waals surface area contributed by atoms with Gasteiger partial charge in [-0.05, 0) is 24.6 Å². The molecule has 3 nitrogen and oxygen atoms in total. The largest absolute Gasteiger partial charge is 0.226 e. The first-order valence-electron chi connectivity index (χ1n) is 4.26. The highest BCUT2D eigenvalue weighted by Crippen LogP contribution is 2.17. The van der Waals surface area contributed by atoms with Gasteiger partial charge in [0.2, 0.25) is 10.0 Å². The number of alkyl halides is 1. The van der Waals surface area contributed by atoms with Crippen LogP contribution in [0.4, 0.5) is 0 Å². The van der Waals surface area contributed by atoms with Gasteiger partial charge in [0, 0.05) is 10.5 Å². The fourth-order valence-corrected chi connectivity index (χ4v) is 2.31. The molecule has 1 rings (SSSR count). The summed E-state index contributed by atoms with van der Waals surface area (Å²) in [5, 5.41) is -0.423. The van der Waals surface area contributed by atoms with Gasteiger partial charge in [-0.1, -0.05) is 28.1 Å². The molecule has 0 fully saturated rings. The first kappa shape index (κ1) is 13.0. The number of rotatable bonds is 4. The van der Waals surface area contributed by atoms with Crippen molar-refractivity contribution in [2.75, 3.05) is 5.21 Å². The Morgan fingerprint density at radius 1 is 1.40 bits per heavy atom. The van der Waals surface area contributed by atoms with Gasteiger partial charge in [-0.3, -0.25) is 0 Å². The number of hydrogen-bond donors (Lipinski definition) is 1. The molecule has 1 unspecified atom stereocenters. The Morgan fingerprint density at radius 3 is 2.40 bits per heavy atom. The smallest absolute Gasteiger partial charge is 0.211 e. The molecule has 1 atom stereocenters. The molecule has 84 valence electrons. The van der Waals surface area contributed by atoms with Gasteiger partial charge in [0.25, 0.3) is 0 Å². The third-order valence-electron chi connectivity index (χ3n) is 1.87. The van der Waals surface area contributed by atoms with Crippen molar-refractivity contribution in [3.05, 3.63) is 34.3 Å². The van der Waals surface area contributed by atoms with Gasteiger partial charge >= 0.3 is 0 Å². The predicted molar refractivity (Wildman–Crippen MR) is 65.3 cm³/mol. The maximum absolute atomic E-state index is 11.2. The van der Waals surface area contributed by atoms with E-state index in [-0.39, 0.29) is 6.04 Å². The van der Waals surface area contributed by atoms with Crippen molar-refractivity contribution in [3.8, 4) is 0 Å². The molecule has 15 heavy (non-hydrogen) atoms. The Labute approximate surface area is 103 Å². The van der Waals surface area contributed by atoms with E-state index in [1.165, 1.54) is 0 Å². The van der Waals surface area contributed by atoms with Crippen molar-refractivity contribution in [3.63, 3.8) is 0 Å². The molecule has 0 saturated carbocycles. The van der Waals surface area contributed by atoms with Crippen LogP contribution in [0.2, 0.25) is 0 Å². The van der Waals surface area contributed by atoms with E-state index in [2.05, 4.69) is 20.7 Å². The van der Waals surface area contributed by atoms with Crippen LogP contribution in [0.25, 0.3) is 0 Å². The molecule has 0 heterocycles. The summed E-state index contributed by atoms with van der Waals surface area (Å²) in [5.74, 6) is 0. The van der Waals surface area contributed by atoms with Gasteiger partial charge in [0.15, 0.2) is 0 Å². The lowest BCUT2D eigenvalue weighted by Crippen LogP contribution is -2.27. The lowest BCUT2D eigenvalue weighted by Gasteiger charge is -2.13. The topological polar surface area (TPSA) is 46.2 Å². The minimum absolute atomic E-state index is 0.276.